The molecule has 9 heteroatoms. The van der Waals surface area contributed by atoms with Gasteiger partial charge in [-0.15, -0.1) is 0 Å². The normalized spacial score (nSPS) is 18.6. The third-order valence-corrected chi connectivity index (χ3v) is 5.84. The molecule has 0 N–H and O–H groups in total. The Morgan fingerprint density at radius 3 is 2.73 bits per heavy atom. The number of nitrogens with zero attached hydrogens (tertiary/aromatic N) is 3. The zero-order valence-corrected chi connectivity index (χ0v) is 17.3. The van der Waals surface area contributed by atoms with Crippen molar-refractivity contribution in [1.82, 2.24) is 9.91 Å². The van der Waals surface area contributed by atoms with E-state index in [4.69, 9.17) is 9.15 Å². The average Bonchev–Trinajstić information content (AvgIpc) is 3.48. The minimum absolute atomic E-state index is 0.150. The van der Waals surface area contributed by atoms with Crippen molar-refractivity contribution in [2.24, 2.45) is 5.10 Å². The number of carbonyl (C=O) groups excluding carboxylic acids is 3. The first-order chi connectivity index (χ1) is 14.5. The Bertz CT molecular complexity index is 971. The molecule has 1 saturated heterocycles. The van der Waals surface area contributed by atoms with E-state index in [9.17, 15) is 14.4 Å². The number of aryl methyl sites for hydroxylation is 1. The van der Waals surface area contributed by atoms with Crippen LogP contribution in [0, 0.1) is 6.92 Å². The molecular formula is C21H21N3O5S. The van der Waals surface area contributed by atoms with Crippen molar-refractivity contribution in [2.45, 2.75) is 19.4 Å². The van der Waals surface area contributed by atoms with E-state index in [0.717, 1.165) is 16.8 Å². The molecule has 0 saturated carbocycles. The molecule has 156 valence electrons. The summed E-state index contributed by atoms with van der Waals surface area (Å²) in [6.07, 6.45) is 2.04. The fourth-order valence-corrected chi connectivity index (χ4v) is 4.17. The molecule has 4 rings (SSSR count). The first kappa shape index (κ1) is 20.2. The molecule has 0 unspecified atom stereocenters. The van der Waals surface area contributed by atoms with Crippen molar-refractivity contribution in [2.75, 3.05) is 25.4 Å². The van der Waals surface area contributed by atoms with Crippen LogP contribution in [0.1, 0.15) is 29.3 Å². The van der Waals surface area contributed by atoms with Crippen LogP contribution < -0.4 is 0 Å². The summed E-state index contributed by atoms with van der Waals surface area (Å²) in [6.45, 7) is 1.91. The van der Waals surface area contributed by atoms with Crippen molar-refractivity contribution >= 4 is 34.6 Å². The average molecular weight is 427 g/mol. The number of esters is 1. The number of thioether (sulfide) groups is 1. The molecule has 2 aliphatic rings. The van der Waals surface area contributed by atoms with Crippen molar-refractivity contribution in [3.05, 3.63) is 59.5 Å². The van der Waals surface area contributed by atoms with Crippen molar-refractivity contribution in [3.63, 3.8) is 0 Å². The summed E-state index contributed by atoms with van der Waals surface area (Å²) in [5.74, 6) is 0.199. The molecule has 1 fully saturated rings. The minimum atomic E-state index is -0.615. The van der Waals surface area contributed by atoms with Gasteiger partial charge in [-0.1, -0.05) is 41.6 Å². The van der Waals surface area contributed by atoms with Crippen LogP contribution in [0.3, 0.4) is 0 Å². The summed E-state index contributed by atoms with van der Waals surface area (Å²) in [6, 6.07) is 11.1. The Labute approximate surface area is 177 Å². The molecule has 8 nitrogen and oxygen atoms in total. The van der Waals surface area contributed by atoms with Gasteiger partial charge in [-0.2, -0.15) is 5.10 Å². The van der Waals surface area contributed by atoms with Crippen molar-refractivity contribution in [3.8, 4) is 0 Å². The Kier molecular flexibility index (Phi) is 5.89. The number of amides is 2. The largest absolute Gasteiger partial charge is 0.467 e. The number of furan rings is 1. The second-order valence-corrected chi connectivity index (χ2v) is 8.13. The highest BCUT2D eigenvalue weighted by molar-refractivity contribution is 8.13. The predicted molar refractivity (Wildman–Crippen MR) is 111 cm³/mol. The lowest BCUT2D eigenvalue weighted by Gasteiger charge is -2.20. The van der Waals surface area contributed by atoms with Gasteiger partial charge < -0.3 is 14.1 Å². The van der Waals surface area contributed by atoms with Crippen LogP contribution in [0.5, 0.6) is 0 Å². The number of hydrogen-bond donors (Lipinski definition) is 0. The Morgan fingerprint density at radius 1 is 1.27 bits per heavy atom. The summed E-state index contributed by atoms with van der Waals surface area (Å²) in [7, 11) is 0. The highest BCUT2D eigenvalue weighted by Gasteiger charge is 2.35. The van der Waals surface area contributed by atoms with Crippen molar-refractivity contribution < 1.29 is 23.5 Å². The maximum absolute atomic E-state index is 12.8. The Hall–Kier alpha value is -3.07. The lowest BCUT2D eigenvalue weighted by atomic mass is 10.0. The van der Waals surface area contributed by atoms with E-state index in [-0.39, 0.29) is 11.8 Å². The van der Waals surface area contributed by atoms with Crippen molar-refractivity contribution in [1.29, 1.82) is 0 Å². The maximum Gasteiger partial charge on any atom is 0.326 e. The van der Waals surface area contributed by atoms with Crippen LogP contribution in [0.2, 0.25) is 0 Å². The fourth-order valence-electron chi connectivity index (χ4n) is 3.34. The molecule has 1 atom stereocenters. The lowest BCUT2D eigenvalue weighted by molar-refractivity contribution is -0.153. The zero-order valence-electron chi connectivity index (χ0n) is 16.4. The predicted octanol–water partition coefficient (Wildman–Crippen LogP) is 2.98. The number of benzene rings is 1. The summed E-state index contributed by atoms with van der Waals surface area (Å²) in [4.78, 5) is 37.9. The van der Waals surface area contributed by atoms with E-state index in [1.54, 1.807) is 18.4 Å². The Morgan fingerprint density at radius 2 is 2.07 bits per heavy atom. The topological polar surface area (TPSA) is 92.4 Å². The minimum Gasteiger partial charge on any atom is -0.467 e. The van der Waals surface area contributed by atoms with Gasteiger partial charge in [0, 0.05) is 18.7 Å². The molecule has 2 aromatic rings. The number of hydrazone groups is 1. The maximum atomic E-state index is 12.8. The summed E-state index contributed by atoms with van der Waals surface area (Å²) >= 11 is 1.17. The number of ether oxygens (including phenoxy) is 1. The molecule has 3 heterocycles. The van der Waals surface area contributed by atoms with Gasteiger partial charge in [-0.3, -0.25) is 14.4 Å². The van der Waals surface area contributed by atoms with Crippen LogP contribution in [0.25, 0.3) is 0 Å². The molecule has 0 spiro atoms. The van der Waals surface area contributed by atoms with Gasteiger partial charge in [0.15, 0.2) is 6.61 Å². The monoisotopic (exact) mass is 427 g/mol. The van der Waals surface area contributed by atoms with E-state index >= 15 is 0 Å². The van der Waals surface area contributed by atoms with Crippen LogP contribution in [0.4, 0.5) is 4.79 Å². The van der Waals surface area contributed by atoms with Gasteiger partial charge >= 0.3 is 5.97 Å². The third-order valence-electron chi connectivity index (χ3n) is 4.94. The van der Waals surface area contributed by atoms with E-state index in [1.165, 1.54) is 21.7 Å². The highest BCUT2D eigenvalue weighted by Crippen LogP contribution is 2.33. The molecule has 30 heavy (non-hydrogen) atoms. The quantitative estimate of drug-likeness (QED) is 0.658. The molecule has 1 aromatic heterocycles. The van der Waals surface area contributed by atoms with Crippen LogP contribution in [-0.2, 0) is 14.3 Å². The van der Waals surface area contributed by atoms with Gasteiger partial charge in [-0.25, -0.2) is 5.01 Å². The Balaban J connectivity index is 1.44. The number of hydrogen-bond acceptors (Lipinski definition) is 7. The van der Waals surface area contributed by atoms with Gasteiger partial charge in [0.1, 0.15) is 18.3 Å². The highest BCUT2D eigenvalue weighted by atomic mass is 32.2. The SMILES string of the molecule is Cc1ccc(C2=NN(C(=O)COC(=O)CN3CCSC3=O)[C@@H](c3ccco3)C2)cc1. The summed E-state index contributed by atoms with van der Waals surface area (Å²) < 4.78 is 10.6. The van der Waals surface area contributed by atoms with Gasteiger partial charge in [0.2, 0.25) is 0 Å². The van der Waals surface area contributed by atoms with E-state index in [0.29, 0.717) is 24.5 Å². The van der Waals surface area contributed by atoms with E-state index in [1.807, 2.05) is 31.2 Å². The lowest BCUT2D eigenvalue weighted by Crippen LogP contribution is -2.35. The molecule has 0 bridgehead atoms. The molecule has 0 aliphatic carbocycles. The standard InChI is InChI=1S/C21H21N3O5S/c1-14-4-6-15(7-5-14)16-11-17(18-3-2-9-28-18)24(22-16)19(25)13-29-20(26)12-23-8-10-30-21(23)27/h2-7,9,17H,8,10-13H2,1H3/t17-/m1/s1. The number of rotatable bonds is 6. The summed E-state index contributed by atoms with van der Waals surface area (Å²) in [5.41, 5.74) is 2.82. The molecular weight excluding hydrogens is 406 g/mol. The molecule has 2 amide bonds. The van der Waals surface area contributed by atoms with Gasteiger partial charge in [-0.05, 0) is 24.6 Å². The third kappa shape index (κ3) is 4.40. The van der Waals surface area contributed by atoms with Gasteiger partial charge in [0.05, 0.1) is 12.0 Å². The molecule has 1 aromatic carbocycles. The number of carbonyl (C=O) groups is 3. The molecule has 2 aliphatic heterocycles. The zero-order chi connectivity index (χ0) is 21.1. The van der Waals surface area contributed by atoms with Crippen LogP contribution in [-0.4, -0.2) is 58.2 Å². The molecule has 0 radical (unpaired) electrons. The van der Waals surface area contributed by atoms with E-state index in [2.05, 4.69) is 5.10 Å². The van der Waals surface area contributed by atoms with Crippen LogP contribution in [0.15, 0.2) is 52.2 Å². The second-order valence-electron chi connectivity index (χ2n) is 7.08. The van der Waals surface area contributed by atoms with E-state index < -0.39 is 24.5 Å². The summed E-state index contributed by atoms with van der Waals surface area (Å²) in [5, 5.41) is 5.67. The first-order valence-corrected chi connectivity index (χ1v) is 10.6. The smallest absolute Gasteiger partial charge is 0.326 e. The first-order valence-electron chi connectivity index (χ1n) is 9.58. The second kappa shape index (κ2) is 8.74. The van der Waals surface area contributed by atoms with Gasteiger partial charge in [0.25, 0.3) is 11.1 Å². The fraction of sp³-hybridized carbons (Fsp3) is 0.333. The van der Waals surface area contributed by atoms with Crippen LogP contribution >= 0.6 is 11.8 Å².